The molecule has 0 saturated carbocycles. The number of esters is 1. The summed E-state index contributed by atoms with van der Waals surface area (Å²) in [6.07, 6.45) is 62.7. The maximum atomic E-state index is 12.4. The lowest BCUT2D eigenvalue weighted by molar-refractivity contribution is -0.143. The minimum atomic E-state index is -0.668. The van der Waals surface area contributed by atoms with E-state index in [4.69, 9.17) is 4.74 Å². The molecule has 0 aliphatic carbocycles. The van der Waals surface area contributed by atoms with Crippen LogP contribution in [0, 0.1) is 0 Å². The van der Waals surface area contributed by atoms with Gasteiger partial charge in [-0.2, -0.15) is 0 Å². The predicted molar refractivity (Wildman–Crippen MR) is 269 cm³/mol. The van der Waals surface area contributed by atoms with Gasteiger partial charge in [0.1, 0.15) is 0 Å². The minimum absolute atomic E-state index is 0.00783. The molecule has 0 aromatic heterocycles. The number of ether oxygens (including phenoxy) is 1. The number of allylic oxidation sites excluding steroid dienone is 6. The number of carbonyl (C=O) groups excluding carboxylic acids is 2. The Morgan fingerprint density at radius 2 is 0.806 bits per heavy atom. The summed E-state index contributed by atoms with van der Waals surface area (Å²) in [5.41, 5.74) is 0. The number of unbranched alkanes of at least 4 members (excludes halogenated alkanes) is 33. The first-order valence-corrected chi connectivity index (χ1v) is 27.2. The Hall–Kier alpha value is -1.92. The van der Waals surface area contributed by atoms with Crippen LogP contribution in [0.3, 0.4) is 0 Å². The van der Waals surface area contributed by atoms with E-state index in [9.17, 15) is 19.8 Å². The van der Waals surface area contributed by atoms with Gasteiger partial charge in [-0.3, -0.25) is 9.59 Å². The van der Waals surface area contributed by atoms with Gasteiger partial charge in [-0.05, 0) is 83.5 Å². The quantitative estimate of drug-likeness (QED) is 0.0321. The standard InChI is InChI=1S/C56H105NO5/c1-3-5-7-9-11-13-14-15-16-24-27-30-34-38-42-46-50-56(61)62-51-47-43-39-35-31-28-25-22-20-18-17-19-21-23-26-29-33-37-41-45-49-55(60)57-53(52-58)54(59)48-44-40-36-32-12-10-8-6-4-2/h13-14,16-17,19,24,53-54,58-59H,3-12,15,18,20-23,25-52H2,1-2H3,(H,57,60)/b14-13-,19-17-,24-16-. The van der Waals surface area contributed by atoms with Gasteiger partial charge < -0.3 is 20.3 Å². The summed E-state index contributed by atoms with van der Waals surface area (Å²) in [7, 11) is 0. The van der Waals surface area contributed by atoms with Crippen LogP contribution in [0.4, 0.5) is 0 Å². The molecule has 364 valence electrons. The molecule has 0 spiro atoms. The normalized spacial score (nSPS) is 12.9. The average Bonchev–Trinajstić information content (AvgIpc) is 3.27. The third-order valence-electron chi connectivity index (χ3n) is 12.4. The summed E-state index contributed by atoms with van der Waals surface area (Å²) < 4.78 is 5.47. The van der Waals surface area contributed by atoms with Crippen molar-refractivity contribution < 1.29 is 24.5 Å². The lowest BCUT2D eigenvalue weighted by atomic mass is 10.0. The zero-order valence-corrected chi connectivity index (χ0v) is 41.4. The molecule has 0 fully saturated rings. The van der Waals surface area contributed by atoms with E-state index in [1.54, 1.807) is 0 Å². The number of aliphatic hydroxyl groups excluding tert-OH is 2. The van der Waals surface area contributed by atoms with Crippen LogP contribution in [-0.4, -0.2) is 47.4 Å². The SMILES string of the molecule is CCCCCC/C=C\C/C=C\CCCCCCCC(=O)OCCCCCCCCCCC/C=C\CCCCCCCCCC(=O)NC(CO)C(O)CCCCCCCCCCC. The summed E-state index contributed by atoms with van der Waals surface area (Å²) in [5, 5.41) is 23.1. The Bertz CT molecular complexity index is 1010. The van der Waals surface area contributed by atoms with Crippen molar-refractivity contribution in [3.8, 4) is 0 Å². The fraction of sp³-hybridized carbons (Fsp3) is 0.857. The zero-order chi connectivity index (χ0) is 45.1. The smallest absolute Gasteiger partial charge is 0.305 e. The summed E-state index contributed by atoms with van der Waals surface area (Å²) >= 11 is 0. The van der Waals surface area contributed by atoms with Gasteiger partial charge in [0.2, 0.25) is 5.91 Å². The largest absolute Gasteiger partial charge is 0.466 e. The van der Waals surface area contributed by atoms with E-state index >= 15 is 0 Å². The highest BCUT2D eigenvalue weighted by Crippen LogP contribution is 2.16. The second-order valence-corrected chi connectivity index (χ2v) is 18.6. The molecule has 0 aromatic carbocycles. The maximum Gasteiger partial charge on any atom is 0.305 e. The summed E-state index contributed by atoms with van der Waals surface area (Å²) in [5.74, 6) is -0.0548. The van der Waals surface area contributed by atoms with E-state index in [0.717, 1.165) is 51.4 Å². The third-order valence-corrected chi connectivity index (χ3v) is 12.4. The number of aliphatic hydroxyl groups is 2. The fourth-order valence-corrected chi connectivity index (χ4v) is 8.19. The van der Waals surface area contributed by atoms with Crippen molar-refractivity contribution in [1.29, 1.82) is 0 Å². The number of nitrogens with one attached hydrogen (secondary N) is 1. The Kier molecular flexibility index (Phi) is 50.1. The van der Waals surface area contributed by atoms with Gasteiger partial charge in [0.25, 0.3) is 0 Å². The van der Waals surface area contributed by atoms with Crippen molar-refractivity contribution in [2.75, 3.05) is 13.2 Å². The topological polar surface area (TPSA) is 95.9 Å². The van der Waals surface area contributed by atoms with Gasteiger partial charge in [-0.15, -0.1) is 0 Å². The number of hydrogen-bond acceptors (Lipinski definition) is 5. The molecule has 6 heteroatoms. The summed E-state index contributed by atoms with van der Waals surface area (Å²) in [6, 6.07) is -0.546. The van der Waals surface area contributed by atoms with Crippen molar-refractivity contribution in [2.24, 2.45) is 0 Å². The van der Waals surface area contributed by atoms with E-state index in [0.29, 0.717) is 25.9 Å². The van der Waals surface area contributed by atoms with E-state index in [1.165, 1.54) is 199 Å². The van der Waals surface area contributed by atoms with Gasteiger partial charge in [0, 0.05) is 12.8 Å². The lowest BCUT2D eigenvalue weighted by Gasteiger charge is -2.22. The Labute approximate surface area is 385 Å². The first-order chi connectivity index (χ1) is 30.5. The van der Waals surface area contributed by atoms with E-state index < -0.39 is 12.1 Å². The first kappa shape index (κ1) is 60.1. The molecule has 0 aliphatic heterocycles. The number of rotatable bonds is 50. The van der Waals surface area contributed by atoms with Crippen molar-refractivity contribution in [3.63, 3.8) is 0 Å². The molecule has 0 saturated heterocycles. The second-order valence-electron chi connectivity index (χ2n) is 18.6. The fourth-order valence-electron chi connectivity index (χ4n) is 8.19. The molecule has 0 aliphatic rings. The molecule has 1 amide bonds. The molecule has 0 bridgehead atoms. The van der Waals surface area contributed by atoms with Gasteiger partial charge in [0.15, 0.2) is 0 Å². The Morgan fingerprint density at radius 1 is 0.452 bits per heavy atom. The molecule has 62 heavy (non-hydrogen) atoms. The van der Waals surface area contributed by atoms with Crippen molar-refractivity contribution in [2.45, 2.75) is 296 Å². The second kappa shape index (κ2) is 51.7. The molecule has 2 unspecified atom stereocenters. The highest BCUT2D eigenvalue weighted by atomic mass is 16.5. The average molecular weight is 872 g/mol. The van der Waals surface area contributed by atoms with Crippen LogP contribution in [0.1, 0.15) is 284 Å². The predicted octanol–water partition coefficient (Wildman–Crippen LogP) is 16.5. The lowest BCUT2D eigenvalue weighted by Crippen LogP contribution is -2.45. The number of carbonyl (C=O) groups is 2. The van der Waals surface area contributed by atoms with Crippen molar-refractivity contribution in [1.82, 2.24) is 5.32 Å². The highest BCUT2D eigenvalue weighted by Gasteiger charge is 2.20. The van der Waals surface area contributed by atoms with Crippen LogP contribution in [0.5, 0.6) is 0 Å². The molecule has 0 radical (unpaired) electrons. The van der Waals surface area contributed by atoms with Gasteiger partial charge in [-0.25, -0.2) is 0 Å². The van der Waals surface area contributed by atoms with Gasteiger partial charge in [-0.1, -0.05) is 224 Å². The van der Waals surface area contributed by atoms with Crippen LogP contribution < -0.4 is 5.32 Å². The monoisotopic (exact) mass is 872 g/mol. The number of hydrogen-bond donors (Lipinski definition) is 3. The van der Waals surface area contributed by atoms with Crippen molar-refractivity contribution >= 4 is 11.9 Å². The molecule has 3 N–H and O–H groups in total. The number of amides is 1. The summed E-state index contributed by atoms with van der Waals surface area (Å²) in [6.45, 7) is 4.89. The minimum Gasteiger partial charge on any atom is -0.466 e. The molecular weight excluding hydrogens is 767 g/mol. The molecule has 0 rings (SSSR count). The van der Waals surface area contributed by atoms with Crippen LogP contribution in [0.2, 0.25) is 0 Å². The Morgan fingerprint density at radius 3 is 1.26 bits per heavy atom. The molecule has 2 atom stereocenters. The molecule has 6 nitrogen and oxygen atoms in total. The Balaban J connectivity index is 3.42. The zero-order valence-electron chi connectivity index (χ0n) is 41.4. The van der Waals surface area contributed by atoms with E-state index in [2.05, 4.69) is 55.6 Å². The van der Waals surface area contributed by atoms with Crippen LogP contribution in [0.25, 0.3) is 0 Å². The maximum absolute atomic E-state index is 12.4. The van der Waals surface area contributed by atoms with Crippen LogP contribution in [-0.2, 0) is 14.3 Å². The molecule has 0 aromatic rings. The van der Waals surface area contributed by atoms with Gasteiger partial charge in [0.05, 0.1) is 25.4 Å². The third kappa shape index (κ3) is 47.6. The molecular formula is C56H105NO5. The van der Waals surface area contributed by atoms with Gasteiger partial charge >= 0.3 is 5.97 Å². The van der Waals surface area contributed by atoms with Crippen molar-refractivity contribution in [3.05, 3.63) is 36.5 Å². The summed E-state index contributed by atoms with van der Waals surface area (Å²) in [4.78, 5) is 24.4. The van der Waals surface area contributed by atoms with Crippen LogP contribution in [0.15, 0.2) is 36.5 Å². The van der Waals surface area contributed by atoms with E-state index in [-0.39, 0.29) is 18.5 Å². The first-order valence-electron chi connectivity index (χ1n) is 27.2. The molecule has 0 heterocycles. The highest BCUT2D eigenvalue weighted by molar-refractivity contribution is 5.76. The van der Waals surface area contributed by atoms with Crippen LogP contribution >= 0.6 is 0 Å². The van der Waals surface area contributed by atoms with E-state index in [1.807, 2.05) is 0 Å².